The van der Waals surface area contributed by atoms with Crippen LogP contribution in [0.15, 0.2) is 41.3 Å². The number of amides is 1. The van der Waals surface area contributed by atoms with Gasteiger partial charge in [-0.25, -0.2) is 8.42 Å². The maximum Gasteiger partial charge on any atom is 0.222 e. The zero-order chi connectivity index (χ0) is 22.6. The summed E-state index contributed by atoms with van der Waals surface area (Å²) in [6, 6.07) is 9.61. The van der Waals surface area contributed by atoms with E-state index in [4.69, 9.17) is 25.8 Å². The van der Waals surface area contributed by atoms with Gasteiger partial charge in [-0.15, -0.1) is 0 Å². The van der Waals surface area contributed by atoms with Gasteiger partial charge in [-0.05, 0) is 37.1 Å². The minimum atomic E-state index is -3.52. The molecule has 1 aliphatic heterocycles. The van der Waals surface area contributed by atoms with Crippen molar-refractivity contribution in [2.24, 2.45) is 0 Å². The Labute approximate surface area is 187 Å². The summed E-state index contributed by atoms with van der Waals surface area (Å²) in [7, 11) is 1.13. The Morgan fingerprint density at radius 2 is 1.68 bits per heavy atom. The molecule has 1 fully saturated rings. The quantitative estimate of drug-likeness (QED) is 0.592. The second-order valence-corrected chi connectivity index (χ2v) is 9.92. The first-order valence-electron chi connectivity index (χ1n) is 9.86. The van der Waals surface area contributed by atoms with Crippen molar-refractivity contribution in [2.75, 3.05) is 34.4 Å². The summed E-state index contributed by atoms with van der Waals surface area (Å²) in [6.07, 6.45) is 1.03. The minimum absolute atomic E-state index is 0.103. The molecule has 0 saturated carbocycles. The molecule has 0 aromatic heterocycles. The standard InChI is InChI=1S/C22H26ClNO6S/c1-28-16-12-20(29-2)19(21(13-16)30-3)8-9-22(25)24-11-10-18(14-24)31(26,27)17-6-4-15(23)5-7-17/h4-7,12-13,18H,8-11,14H2,1-3H3. The Hall–Kier alpha value is -2.45. The molecule has 1 unspecified atom stereocenters. The van der Waals surface area contributed by atoms with Gasteiger partial charge in [0.1, 0.15) is 17.2 Å². The lowest BCUT2D eigenvalue weighted by Gasteiger charge is -2.18. The fourth-order valence-corrected chi connectivity index (χ4v) is 5.56. The third-order valence-electron chi connectivity index (χ3n) is 5.48. The Bertz CT molecular complexity index is 1010. The van der Waals surface area contributed by atoms with E-state index in [1.54, 1.807) is 50.5 Å². The molecule has 3 rings (SSSR count). The van der Waals surface area contributed by atoms with E-state index in [1.807, 2.05) is 0 Å². The molecule has 1 amide bonds. The van der Waals surface area contributed by atoms with Gasteiger partial charge in [-0.1, -0.05) is 11.6 Å². The Morgan fingerprint density at radius 3 is 2.23 bits per heavy atom. The molecule has 2 aromatic carbocycles. The van der Waals surface area contributed by atoms with Gasteiger partial charge in [-0.2, -0.15) is 0 Å². The van der Waals surface area contributed by atoms with Crippen LogP contribution in [-0.4, -0.2) is 58.9 Å². The second kappa shape index (κ2) is 9.78. The first-order chi connectivity index (χ1) is 14.8. The summed E-state index contributed by atoms with van der Waals surface area (Å²) >= 11 is 5.86. The van der Waals surface area contributed by atoms with Crippen molar-refractivity contribution >= 4 is 27.3 Å². The topological polar surface area (TPSA) is 82.1 Å². The SMILES string of the molecule is COc1cc(OC)c(CCC(=O)N2CCC(S(=O)(=O)c3ccc(Cl)cc3)C2)c(OC)c1. The monoisotopic (exact) mass is 467 g/mol. The number of methoxy groups -OCH3 is 3. The van der Waals surface area contributed by atoms with Crippen LogP contribution in [0, 0.1) is 0 Å². The summed E-state index contributed by atoms with van der Waals surface area (Å²) in [6.45, 7) is 0.591. The van der Waals surface area contributed by atoms with Crippen molar-refractivity contribution in [1.29, 1.82) is 0 Å². The molecule has 1 atom stereocenters. The van der Waals surface area contributed by atoms with Crippen molar-refractivity contribution in [3.05, 3.63) is 47.0 Å². The van der Waals surface area contributed by atoms with Crippen molar-refractivity contribution in [3.63, 3.8) is 0 Å². The van der Waals surface area contributed by atoms with Crippen LogP contribution in [0.4, 0.5) is 0 Å². The first kappa shape index (κ1) is 23.2. The number of nitrogens with zero attached hydrogens (tertiary/aromatic N) is 1. The van der Waals surface area contributed by atoms with Crippen LogP contribution in [0.25, 0.3) is 0 Å². The number of benzene rings is 2. The number of halogens is 1. The molecule has 0 spiro atoms. The fourth-order valence-electron chi connectivity index (χ4n) is 3.74. The third-order valence-corrected chi connectivity index (χ3v) is 7.93. The predicted octanol–water partition coefficient (Wildman–Crippen LogP) is 3.37. The van der Waals surface area contributed by atoms with Gasteiger partial charge in [0.2, 0.25) is 5.91 Å². The molecule has 0 radical (unpaired) electrons. The van der Waals surface area contributed by atoms with E-state index in [2.05, 4.69) is 0 Å². The summed E-state index contributed by atoms with van der Waals surface area (Å²) in [5, 5.41) is -0.144. The largest absolute Gasteiger partial charge is 0.496 e. The molecule has 1 heterocycles. The zero-order valence-electron chi connectivity index (χ0n) is 17.8. The van der Waals surface area contributed by atoms with Gasteiger partial charge in [-0.3, -0.25) is 4.79 Å². The number of rotatable bonds is 8. The smallest absolute Gasteiger partial charge is 0.222 e. The molecule has 0 N–H and O–H groups in total. The molecule has 1 aliphatic rings. The molecule has 0 aliphatic carbocycles. The lowest BCUT2D eigenvalue weighted by molar-refractivity contribution is -0.130. The molecular weight excluding hydrogens is 442 g/mol. The van der Waals surface area contributed by atoms with E-state index < -0.39 is 15.1 Å². The van der Waals surface area contributed by atoms with Gasteiger partial charge < -0.3 is 19.1 Å². The summed E-state index contributed by atoms with van der Waals surface area (Å²) in [5.41, 5.74) is 0.767. The summed E-state index contributed by atoms with van der Waals surface area (Å²) < 4.78 is 41.9. The van der Waals surface area contributed by atoms with Crippen LogP contribution >= 0.6 is 11.6 Å². The van der Waals surface area contributed by atoms with Crippen LogP contribution in [0.1, 0.15) is 18.4 Å². The van der Waals surface area contributed by atoms with Gasteiger partial charge in [0, 0.05) is 42.2 Å². The Balaban J connectivity index is 1.67. The molecule has 7 nitrogen and oxygen atoms in total. The predicted molar refractivity (Wildman–Crippen MR) is 118 cm³/mol. The van der Waals surface area contributed by atoms with Gasteiger partial charge in [0.15, 0.2) is 9.84 Å². The highest BCUT2D eigenvalue weighted by Gasteiger charge is 2.36. The number of sulfone groups is 1. The van der Waals surface area contributed by atoms with E-state index in [9.17, 15) is 13.2 Å². The normalized spacial score (nSPS) is 16.3. The molecular formula is C22H26ClNO6S. The number of carbonyl (C=O) groups excluding carboxylic acids is 1. The van der Waals surface area contributed by atoms with Crippen molar-refractivity contribution in [1.82, 2.24) is 4.90 Å². The van der Waals surface area contributed by atoms with Gasteiger partial charge in [0.05, 0.1) is 31.5 Å². The van der Waals surface area contributed by atoms with Crippen molar-refractivity contribution in [2.45, 2.75) is 29.4 Å². The lowest BCUT2D eigenvalue weighted by atomic mass is 10.1. The first-order valence-corrected chi connectivity index (χ1v) is 11.8. The van der Waals surface area contributed by atoms with E-state index >= 15 is 0 Å². The summed E-state index contributed by atoms with van der Waals surface area (Å²) in [5.74, 6) is 1.65. The van der Waals surface area contributed by atoms with Crippen molar-refractivity contribution in [3.8, 4) is 17.2 Å². The number of hydrogen-bond acceptors (Lipinski definition) is 6. The van der Waals surface area contributed by atoms with E-state index in [0.29, 0.717) is 41.7 Å². The highest BCUT2D eigenvalue weighted by Crippen LogP contribution is 2.35. The minimum Gasteiger partial charge on any atom is -0.496 e. The highest BCUT2D eigenvalue weighted by molar-refractivity contribution is 7.92. The highest BCUT2D eigenvalue weighted by atomic mass is 35.5. The molecule has 31 heavy (non-hydrogen) atoms. The molecule has 168 valence electrons. The van der Waals surface area contributed by atoms with E-state index in [0.717, 1.165) is 5.56 Å². The number of likely N-dealkylation sites (tertiary alicyclic amines) is 1. The Morgan fingerprint density at radius 1 is 1.06 bits per heavy atom. The molecule has 1 saturated heterocycles. The average Bonchev–Trinajstić information content (AvgIpc) is 3.28. The van der Waals surface area contributed by atoms with Crippen LogP contribution in [0.3, 0.4) is 0 Å². The maximum absolute atomic E-state index is 12.9. The molecule has 2 aromatic rings. The van der Waals surface area contributed by atoms with Crippen LogP contribution in [0.5, 0.6) is 17.2 Å². The third kappa shape index (κ3) is 5.07. The van der Waals surface area contributed by atoms with Crippen LogP contribution in [-0.2, 0) is 21.1 Å². The lowest BCUT2D eigenvalue weighted by Crippen LogP contribution is -2.32. The molecule has 0 bridgehead atoms. The molecule has 9 heteroatoms. The fraction of sp³-hybridized carbons (Fsp3) is 0.409. The van der Waals surface area contributed by atoms with Crippen molar-refractivity contribution < 1.29 is 27.4 Å². The average molecular weight is 468 g/mol. The van der Waals surface area contributed by atoms with E-state index in [-0.39, 0.29) is 23.8 Å². The van der Waals surface area contributed by atoms with Gasteiger partial charge in [0.25, 0.3) is 0 Å². The number of ether oxygens (including phenoxy) is 3. The van der Waals surface area contributed by atoms with Crippen LogP contribution in [0.2, 0.25) is 5.02 Å². The Kier molecular flexibility index (Phi) is 7.33. The van der Waals surface area contributed by atoms with Gasteiger partial charge >= 0.3 is 0 Å². The number of carbonyl (C=O) groups is 1. The maximum atomic E-state index is 12.9. The number of hydrogen-bond donors (Lipinski definition) is 0. The second-order valence-electron chi connectivity index (χ2n) is 7.26. The zero-order valence-corrected chi connectivity index (χ0v) is 19.3. The van der Waals surface area contributed by atoms with E-state index in [1.165, 1.54) is 12.1 Å². The van der Waals surface area contributed by atoms with Crippen LogP contribution < -0.4 is 14.2 Å². The summed E-state index contributed by atoms with van der Waals surface area (Å²) in [4.78, 5) is 14.6.